The first-order valence-corrected chi connectivity index (χ1v) is 6.51. The van der Waals surface area contributed by atoms with Crippen LogP contribution in [0.2, 0.25) is 0 Å². The van der Waals surface area contributed by atoms with Crippen molar-refractivity contribution in [3.05, 3.63) is 58.7 Å². The highest BCUT2D eigenvalue weighted by atomic mass is 19.1. The summed E-state index contributed by atoms with van der Waals surface area (Å²) in [5, 5.41) is 3.15. The Bertz CT molecular complexity index is 613. The normalized spacial score (nSPS) is 12.2. The van der Waals surface area contributed by atoms with Crippen molar-refractivity contribution in [3.63, 3.8) is 0 Å². The van der Waals surface area contributed by atoms with E-state index in [0.29, 0.717) is 5.56 Å². The van der Waals surface area contributed by atoms with E-state index in [-0.39, 0.29) is 11.9 Å². The molecule has 0 bridgehead atoms. The average Bonchev–Trinajstić information content (AvgIpc) is 2.45. The second kappa shape index (κ2) is 6.01. The van der Waals surface area contributed by atoms with Gasteiger partial charge in [0.15, 0.2) is 0 Å². The van der Waals surface area contributed by atoms with E-state index >= 15 is 0 Å². The third-order valence-corrected chi connectivity index (χ3v) is 3.63. The van der Waals surface area contributed by atoms with Gasteiger partial charge in [-0.05, 0) is 38.1 Å². The van der Waals surface area contributed by atoms with Crippen molar-refractivity contribution in [2.24, 2.45) is 0 Å². The number of benzene rings is 1. The van der Waals surface area contributed by atoms with Crippen LogP contribution in [0.1, 0.15) is 28.3 Å². The smallest absolute Gasteiger partial charge is 0.146 e. The first-order valence-electron chi connectivity index (χ1n) is 6.51. The van der Waals surface area contributed by atoms with Crippen molar-refractivity contribution in [1.29, 1.82) is 0 Å². The summed E-state index contributed by atoms with van der Waals surface area (Å²) in [4.78, 5) is 3.80. The molecule has 0 spiro atoms. The average molecular weight is 274 g/mol. The van der Waals surface area contributed by atoms with Gasteiger partial charge in [-0.3, -0.25) is 4.98 Å². The van der Waals surface area contributed by atoms with Crippen molar-refractivity contribution >= 4 is 0 Å². The number of aromatic nitrogens is 1. The molecular weight excluding hydrogens is 255 g/mol. The lowest BCUT2D eigenvalue weighted by Crippen LogP contribution is -2.20. The number of methoxy groups -OCH3 is 1. The lowest BCUT2D eigenvalue weighted by molar-refractivity contribution is 0.401. The minimum absolute atomic E-state index is 0.271. The van der Waals surface area contributed by atoms with Gasteiger partial charge in [0.25, 0.3) is 0 Å². The maximum Gasteiger partial charge on any atom is 0.146 e. The van der Waals surface area contributed by atoms with E-state index < -0.39 is 0 Å². The van der Waals surface area contributed by atoms with Crippen molar-refractivity contribution in [2.45, 2.75) is 19.9 Å². The summed E-state index contributed by atoms with van der Waals surface area (Å²) < 4.78 is 19.5. The predicted molar refractivity (Wildman–Crippen MR) is 77.6 cm³/mol. The van der Waals surface area contributed by atoms with Crippen LogP contribution in [0.5, 0.6) is 5.75 Å². The molecule has 0 aliphatic heterocycles. The molecule has 1 N–H and O–H groups in total. The van der Waals surface area contributed by atoms with Gasteiger partial charge in [-0.1, -0.05) is 12.1 Å². The number of hydrogen-bond donors (Lipinski definition) is 1. The third kappa shape index (κ3) is 2.51. The Morgan fingerprint density at radius 3 is 2.55 bits per heavy atom. The van der Waals surface area contributed by atoms with Gasteiger partial charge in [-0.15, -0.1) is 0 Å². The summed E-state index contributed by atoms with van der Waals surface area (Å²) in [7, 11) is 3.44. The summed E-state index contributed by atoms with van der Waals surface area (Å²) in [5.41, 5.74) is 3.70. The van der Waals surface area contributed by atoms with Crippen LogP contribution in [-0.2, 0) is 0 Å². The van der Waals surface area contributed by atoms with Crippen molar-refractivity contribution in [2.75, 3.05) is 14.2 Å². The van der Waals surface area contributed by atoms with Crippen LogP contribution in [0.25, 0.3) is 0 Å². The lowest BCUT2D eigenvalue weighted by atomic mass is 9.94. The molecule has 2 rings (SSSR count). The Morgan fingerprint density at radius 1 is 1.20 bits per heavy atom. The molecule has 1 aromatic heterocycles. The molecule has 0 amide bonds. The minimum atomic E-state index is -0.327. The largest absolute Gasteiger partial charge is 0.496 e. The van der Waals surface area contributed by atoms with E-state index in [9.17, 15) is 4.39 Å². The SMILES string of the molecule is CNC(c1ccncc1F)c1ccc(C)c(C)c1OC. The van der Waals surface area contributed by atoms with Gasteiger partial charge in [-0.25, -0.2) is 4.39 Å². The fourth-order valence-corrected chi connectivity index (χ4v) is 2.41. The van der Waals surface area contributed by atoms with Crippen LogP contribution in [0.15, 0.2) is 30.6 Å². The number of ether oxygens (including phenoxy) is 1. The molecule has 1 atom stereocenters. The number of halogens is 1. The zero-order chi connectivity index (χ0) is 14.7. The number of rotatable bonds is 4. The van der Waals surface area contributed by atoms with E-state index in [1.807, 2.05) is 26.0 Å². The molecule has 1 unspecified atom stereocenters. The molecule has 4 heteroatoms. The van der Waals surface area contributed by atoms with Crippen molar-refractivity contribution < 1.29 is 9.13 Å². The van der Waals surface area contributed by atoms with Crippen molar-refractivity contribution in [3.8, 4) is 5.75 Å². The Balaban J connectivity index is 2.59. The summed E-state index contributed by atoms with van der Waals surface area (Å²) >= 11 is 0. The van der Waals surface area contributed by atoms with Gasteiger partial charge in [0.2, 0.25) is 0 Å². The molecule has 0 radical (unpaired) electrons. The van der Waals surface area contributed by atoms with Gasteiger partial charge in [0, 0.05) is 17.3 Å². The molecule has 20 heavy (non-hydrogen) atoms. The van der Waals surface area contributed by atoms with Crippen LogP contribution < -0.4 is 10.1 Å². The Kier molecular flexibility index (Phi) is 4.35. The number of pyridine rings is 1. The van der Waals surface area contributed by atoms with Gasteiger partial charge in [0.1, 0.15) is 11.6 Å². The molecular formula is C16H19FN2O. The van der Waals surface area contributed by atoms with Gasteiger partial charge < -0.3 is 10.1 Å². The molecule has 0 fully saturated rings. The predicted octanol–water partition coefficient (Wildman–Crippen LogP) is 3.15. The molecule has 0 aliphatic rings. The highest BCUT2D eigenvalue weighted by Crippen LogP contribution is 2.34. The number of hydrogen-bond acceptors (Lipinski definition) is 3. The molecule has 1 heterocycles. The number of aryl methyl sites for hydroxylation is 1. The fraction of sp³-hybridized carbons (Fsp3) is 0.312. The number of nitrogens with zero attached hydrogens (tertiary/aromatic N) is 1. The fourth-order valence-electron chi connectivity index (χ4n) is 2.41. The topological polar surface area (TPSA) is 34.2 Å². The maximum absolute atomic E-state index is 14.0. The standard InChI is InChI=1S/C16H19FN2O/c1-10-5-6-13(16(20-4)11(10)2)15(18-3)12-7-8-19-9-14(12)17/h5-9,15,18H,1-4H3. The highest BCUT2D eigenvalue weighted by molar-refractivity contribution is 5.49. The first kappa shape index (κ1) is 14.5. The highest BCUT2D eigenvalue weighted by Gasteiger charge is 2.21. The Labute approximate surface area is 118 Å². The van der Waals surface area contributed by atoms with Crippen LogP contribution in [0.3, 0.4) is 0 Å². The summed E-state index contributed by atoms with van der Waals surface area (Å²) in [6.45, 7) is 4.04. The van der Waals surface area contributed by atoms with Crippen molar-refractivity contribution in [1.82, 2.24) is 10.3 Å². The number of nitrogens with one attached hydrogen (secondary N) is 1. The van der Waals surface area contributed by atoms with Gasteiger partial charge in [0.05, 0.1) is 19.3 Å². The quantitative estimate of drug-likeness (QED) is 0.930. The second-order valence-electron chi connectivity index (χ2n) is 4.75. The molecule has 0 saturated heterocycles. The van der Waals surface area contributed by atoms with E-state index in [1.54, 1.807) is 26.4 Å². The monoisotopic (exact) mass is 274 g/mol. The minimum Gasteiger partial charge on any atom is -0.496 e. The van der Waals surface area contributed by atoms with E-state index in [1.165, 1.54) is 6.20 Å². The zero-order valence-corrected chi connectivity index (χ0v) is 12.2. The molecule has 3 nitrogen and oxygen atoms in total. The van der Waals surface area contributed by atoms with E-state index in [2.05, 4.69) is 10.3 Å². The second-order valence-corrected chi connectivity index (χ2v) is 4.75. The first-order chi connectivity index (χ1) is 9.60. The molecule has 0 aliphatic carbocycles. The molecule has 1 aromatic carbocycles. The Morgan fingerprint density at radius 2 is 1.95 bits per heavy atom. The van der Waals surface area contributed by atoms with Crippen LogP contribution >= 0.6 is 0 Å². The molecule has 2 aromatic rings. The van der Waals surface area contributed by atoms with Crippen LogP contribution in [-0.4, -0.2) is 19.1 Å². The molecule has 106 valence electrons. The maximum atomic E-state index is 14.0. The Hall–Kier alpha value is -1.94. The van der Waals surface area contributed by atoms with Gasteiger partial charge >= 0.3 is 0 Å². The lowest BCUT2D eigenvalue weighted by Gasteiger charge is -2.22. The summed E-state index contributed by atoms with van der Waals surface area (Å²) in [5.74, 6) is 0.465. The van der Waals surface area contributed by atoms with E-state index in [0.717, 1.165) is 22.4 Å². The molecule has 0 saturated carbocycles. The third-order valence-electron chi connectivity index (χ3n) is 3.63. The summed E-state index contributed by atoms with van der Waals surface area (Å²) in [6, 6.07) is 5.41. The van der Waals surface area contributed by atoms with Crippen LogP contribution in [0, 0.1) is 19.7 Å². The van der Waals surface area contributed by atoms with Gasteiger partial charge in [-0.2, -0.15) is 0 Å². The van der Waals surface area contributed by atoms with Crippen LogP contribution in [0.4, 0.5) is 4.39 Å². The zero-order valence-electron chi connectivity index (χ0n) is 12.2. The van der Waals surface area contributed by atoms with E-state index in [4.69, 9.17) is 4.74 Å². The summed E-state index contributed by atoms with van der Waals surface area (Å²) in [6.07, 6.45) is 2.82.